The van der Waals surface area contributed by atoms with Crippen molar-refractivity contribution in [2.24, 2.45) is 0 Å². The summed E-state index contributed by atoms with van der Waals surface area (Å²) in [6.45, 7) is 2.29. The molecule has 7 heteroatoms. The Balaban J connectivity index is 0. The smallest absolute Gasteiger partial charge is 0.264 e. The molecule has 0 aromatic carbocycles. The normalized spacial score (nSPS) is 11.3. The molecule has 0 aliphatic rings. The second-order valence-corrected chi connectivity index (χ2v) is 11.0. The van der Waals surface area contributed by atoms with E-state index in [9.17, 15) is 4.79 Å². The third-order valence-electron chi connectivity index (χ3n) is 5.63. The molecule has 0 amide bonds. The average molecular weight is 473 g/mol. The zero-order valence-corrected chi connectivity index (χ0v) is 23.4. The van der Waals surface area contributed by atoms with Crippen LogP contribution in [0.15, 0.2) is 0 Å². The Labute approximate surface area is 210 Å². The maximum Gasteiger partial charge on any atom is 0.394 e. The SMILES string of the molecule is CCCCCCCCCCCCCCCCCCCCCCC[C](=O)[Na].O=S(=O)(O)O. The Morgan fingerprint density at radius 2 is 0.742 bits per heavy atom. The molecule has 31 heavy (non-hydrogen) atoms. The fourth-order valence-electron chi connectivity index (χ4n) is 3.81. The third kappa shape index (κ3) is 44.9. The van der Waals surface area contributed by atoms with E-state index in [2.05, 4.69) is 6.92 Å². The summed E-state index contributed by atoms with van der Waals surface area (Å²) in [6.07, 6.45) is 30.7. The van der Waals surface area contributed by atoms with Gasteiger partial charge in [0.05, 0.1) is 0 Å². The molecule has 0 radical (unpaired) electrons. The maximum absolute atomic E-state index is 10.9. The first-order valence-electron chi connectivity index (χ1n) is 13.0. The molecule has 0 aliphatic heterocycles. The standard InChI is InChI=1S/C24H47O.Na.H2O4S/c1-2-3-4-5-6-7-8-9-10-11-12-13-14-15-16-17-18-19-20-21-22-23-24-25;;1-5(2,3)4/h2-23H2,1H3;;(H2,1,2,3,4). The number of carbonyl (C=O) groups excluding carboxylic acids is 1. The maximum atomic E-state index is 10.9. The summed E-state index contributed by atoms with van der Waals surface area (Å²) in [5.41, 5.74) is 0. The van der Waals surface area contributed by atoms with E-state index < -0.39 is 10.4 Å². The minimum absolute atomic E-state index is 0.489. The summed E-state index contributed by atoms with van der Waals surface area (Å²) in [6, 6.07) is 0. The zero-order valence-electron chi connectivity index (χ0n) is 20.6. The van der Waals surface area contributed by atoms with E-state index >= 15 is 0 Å². The predicted molar refractivity (Wildman–Crippen MR) is 132 cm³/mol. The van der Waals surface area contributed by atoms with E-state index in [1.54, 1.807) is 0 Å². The van der Waals surface area contributed by atoms with Gasteiger partial charge in [-0.05, 0) is 0 Å². The van der Waals surface area contributed by atoms with Crippen molar-refractivity contribution in [1.82, 2.24) is 0 Å². The van der Waals surface area contributed by atoms with Crippen LogP contribution < -0.4 is 0 Å². The van der Waals surface area contributed by atoms with Crippen LogP contribution in [0, 0.1) is 0 Å². The van der Waals surface area contributed by atoms with Crippen molar-refractivity contribution in [3.8, 4) is 0 Å². The van der Waals surface area contributed by atoms with Crippen LogP contribution in [0.3, 0.4) is 0 Å². The predicted octanol–water partition coefficient (Wildman–Crippen LogP) is 7.63. The van der Waals surface area contributed by atoms with Crippen molar-refractivity contribution in [2.75, 3.05) is 0 Å². The summed E-state index contributed by atoms with van der Waals surface area (Å²) in [7, 11) is -4.67. The van der Waals surface area contributed by atoms with E-state index in [-0.39, 0.29) is 0 Å². The van der Waals surface area contributed by atoms with Crippen molar-refractivity contribution >= 4 is 41.4 Å². The van der Waals surface area contributed by atoms with Crippen LogP contribution in [0.2, 0.25) is 0 Å². The van der Waals surface area contributed by atoms with E-state index in [0.29, 0.717) is 3.03 Å². The minimum atomic E-state index is -4.67. The monoisotopic (exact) mass is 472 g/mol. The van der Waals surface area contributed by atoms with Gasteiger partial charge in [-0.15, -0.1) is 0 Å². The van der Waals surface area contributed by atoms with Crippen LogP contribution in [0.5, 0.6) is 0 Å². The van der Waals surface area contributed by atoms with Crippen LogP contribution >= 0.6 is 0 Å². The van der Waals surface area contributed by atoms with Crippen LogP contribution in [0.4, 0.5) is 0 Å². The van der Waals surface area contributed by atoms with Gasteiger partial charge in [0.1, 0.15) is 0 Å². The Morgan fingerprint density at radius 1 is 0.548 bits per heavy atom. The first-order chi connectivity index (χ1) is 14.8. The minimum Gasteiger partial charge on any atom is -0.264 e. The van der Waals surface area contributed by atoms with Crippen LogP contribution in [-0.2, 0) is 15.2 Å². The Bertz CT molecular complexity index is 461. The van der Waals surface area contributed by atoms with Crippen LogP contribution in [0.25, 0.3) is 0 Å². The molecular weight excluding hydrogens is 423 g/mol. The molecule has 0 aromatic heterocycles. The number of unbranched alkanes of at least 4 members (excludes halogenated alkanes) is 20. The van der Waals surface area contributed by atoms with E-state index in [0.717, 1.165) is 40.8 Å². The van der Waals surface area contributed by atoms with E-state index in [1.165, 1.54) is 128 Å². The summed E-state index contributed by atoms with van der Waals surface area (Å²) < 4.78 is 32.1. The molecule has 5 nitrogen and oxygen atoms in total. The molecule has 0 rings (SSSR count). The van der Waals surface area contributed by atoms with Crippen molar-refractivity contribution in [1.29, 1.82) is 0 Å². The fourth-order valence-corrected chi connectivity index (χ4v) is 4.16. The fraction of sp³-hybridized carbons (Fsp3) is 0.958. The van der Waals surface area contributed by atoms with Gasteiger partial charge in [-0.2, -0.15) is 8.42 Å². The summed E-state index contributed by atoms with van der Waals surface area (Å²) in [5.74, 6) is 0. The second kappa shape index (κ2) is 26.8. The van der Waals surface area contributed by atoms with Gasteiger partial charge in [-0.1, -0.05) is 77.6 Å². The molecule has 0 atom stereocenters. The summed E-state index contributed by atoms with van der Waals surface area (Å²) in [5, 5.41) is 0. The second-order valence-electron chi connectivity index (χ2n) is 8.97. The van der Waals surface area contributed by atoms with Gasteiger partial charge in [0.25, 0.3) is 0 Å². The van der Waals surface area contributed by atoms with Crippen molar-refractivity contribution in [3.05, 3.63) is 0 Å². The first-order valence-corrected chi connectivity index (χ1v) is 15.4. The molecule has 0 saturated carbocycles. The Morgan fingerprint density at radius 3 is 0.935 bits per heavy atom. The van der Waals surface area contributed by atoms with E-state index in [4.69, 9.17) is 17.5 Å². The van der Waals surface area contributed by atoms with Gasteiger partial charge in [-0.3, -0.25) is 9.11 Å². The molecule has 0 unspecified atom stereocenters. The van der Waals surface area contributed by atoms with Crippen molar-refractivity contribution in [2.45, 2.75) is 148 Å². The number of hydrogen-bond donors (Lipinski definition) is 2. The van der Waals surface area contributed by atoms with Crippen molar-refractivity contribution in [3.63, 3.8) is 0 Å². The first kappa shape index (κ1) is 33.7. The molecular formula is C24H49NaO5S. The van der Waals surface area contributed by atoms with Gasteiger partial charge in [0.15, 0.2) is 0 Å². The van der Waals surface area contributed by atoms with E-state index in [1.807, 2.05) is 0 Å². The molecule has 0 bridgehead atoms. The van der Waals surface area contributed by atoms with Crippen molar-refractivity contribution < 1.29 is 22.3 Å². The van der Waals surface area contributed by atoms with Crippen LogP contribution in [-0.4, -0.2) is 48.5 Å². The quantitative estimate of drug-likeness (QED) is 0.0960. The summed E-state index contributed by atoms with van der Waals surface area (Å²) in [4.78, 5) is 10.9. The Hall–Kier alpha value is 0.540. The zero-order chi connectivity index (χ0) is 23.6. The third-order valence-corrected chi connectivity index (χ3v) is 6.13. The molecule has 0 heterocycles. The molecule has 182 valence electrons. The summed E-state index contributed by atoms with van der Waals surface area (Å²) >= 11 is 0.751. The number of carbonyl (C=O) groups is 1. The molecule has 0 spiro atoms. The molecule has 2 N–H and O–H groups in total. The Kier molecular flexibility index (Phi) is 29.1. The van der Waals surface area contributed by atoms with Gasteiger partial charge in [0, 0.05) is 0 Å². The van der Waals surface area contributed by atoms with Gasteiger partial charge in [-0.25, -0.2) is 0 Å². The van der Waals surface area contributed by atoms with Gasteiger partial charge in [0.2, 0.25) is 0 Å². The van der Waals surface area contributed by atoms with Crippen LogP contribution in [0.1, 0.15) is 148 Å². The van der Waals surface area contributed by atoms with Gasteiger partial charge >= 0.3 is 117 Å². The molecule has 0 aromatic rings. The number of rotatable bonds is 22. The molecule has 0 aliphatic carbocycles. The molecule has 0 saturated heterocycles. The molecule has 0 fully saturated rings. The van der Waals surface area contributed by atoms with Gasteiger partial charge < -0.3 is 0 Å². The average Bonchev–Trinajstić information content (AvgIpc) is 2.67. The topological polar surface area (TPSA) is 91.7 Å². The number of hydrogen-bond acceptors (Lipinski definition) is 3. The largest absolute Gasteiger partial charge is 0.394 e.